The average molecular weight is 282 g/mol. The number of carbonyl (C=O) groups is 1. The van der Waals surface area contributed by atoms with Gasteiger partial charge in [-0.15, -0.1) is 0 Å². The summed E-state index contributed by atoms with van der Waals surface area (Å²) in [6.07, 6.45) is 0. The zero-order valence-electron chi connectivity index (χ0n) is 11.2. The highest BCUT2D eigenvalue weighted by molar-refractivity contribution is 5.90. The highest BCUT2D eigenvalue weighted by Crippen LogP contribution is 2.35. The smallest absolute Gasteiger partial charge is 0.338 e. The molecule has 1 saturated heterocycles. The van der Waals surface area contributed by atoms with Gasteiger partial charge in [-0.2, -0.15) is 0 Å². The fourth-order valence-electron chi connectivity index (χ4n) is 2.44. The summed E-state index contributed by atoms with van der Waals surface area (Å²) in [4.78, 5) is 23.0. The third kappa shape index (κ3) is 2.43. The number of benzene rings is 1. The third-order valence-electron chi connectivity index (χ3n) is 3.82. The minimum Gasteiger partial charge on any atom is -0.478 e. The van der Waals surface area contributed by atoms with E-state index in [1.54, 1.807) is 4.90 Å². The molecule has 6 nitrogen and oxygen atoms in total. The first-order chi connectivity index (χ1) is 9.31. The molecule has 1 aliphatic rings. The molecule has 0 aromatic heterocycles. The van der Waals surface area contributed by atoms with E-state index in [4.69, 9.17) is 5.11 Å². The van der Waals surface area contributed by atoms with Crippen molar-refractivity contribution in [3.63, 3.8) is 0 Å². The second-order valence-corrected chi connectivity index (χ2v) is 5.24. The molecule has 1 heterocycles. The lowest BCUT2D eigenvalue weighted by atomic mass is 10.0. The van der Waals surface area contributed by atoms with E-state index in [2.05, 4.69) is 0 Å². The Morgan fingerprint density at radius 2 is 1.95 bits per heavy atom. The van der Waals surface area contributed by atoms with Gasteiger partial charge in [-0.25, -0.2) is 9.18 Å². The zero-order valence-corrected chi connectivity index (χ0v) is 11.2. The first-order valence-corrected chi connectivity index (χ1v) is 6.27. The van der Waals surface area contributed by atoms with Crippen molar-refractivity contribution in [1.29, 1.82) is 0 Å². The Morgan fingerprint density at radius 1 is 1.40 bits per heavy atom. The fraction of sp³-hybridized carbons (Fsp3) is 0.462. The molecular formula is C13H15FN2O4. The Morgan fingerprint density at radius 3 is 2.40 bits per heavy atom. The van der Waals surface area contributed by atoms with Crippen molar-refractivity contribution in [2.45, 2.75) is 13.8 Å². The molecule has 1 fully saturated rings. The van der Waals surface area contributed by atoms with Crippen molar-refractivity contribution in [3.8, 4) is 0 Å². The van der Waals surface area contributed by atoms with Gasteiger partial charge in [-0.1, -0.05) is 13.8 Å². The van der Waals surface area contributed by atoms with E-state index in [0.717, 1.165) is 12.1 Å². The predicted octanol–water partition coefficient (Wildman–Crippen LogP) is 2.52. The number of hydrogen-bond acceptors (Lipinski definition) is 4. The molecule has 1 aliphatic heterocycles. The van der Waals surface area contributed by atoms with E-state index in [1.807, 2.05) is 13.8 Å². The lowest BCUT2D eigenvalue weighted by molar-refractivity contribution is -0.384. The summed E-state index contributed by atoms with van der Waals surface area (Å²) in [6, 6.07) is 1.74. The van der Waals surface area contributed by atoms with Crippen molar-refractivity contribution < 1.29 is 19.2 Å². The fourth-order valence-corrected chi connectivity index (χ4v) is 2.44. The van der Waals surface area contributed by atoms with Crippen LogP contribution in [-0.4, -0.2) is 29.1 Å². The maximum absolute atomic E-state index is 13.8. The van der Waals surface area contributed by atoms with Crippen LogP contribution in [0.5, 0.6) is 0 Å². The number of carboxylic acid groups (broad SMARTS) is 1. The molecule has 1 aromatic carbocycles. The molecule has 0 saturated carbocycles. The summed E-state index contributed by atoms with van der Waals surface area (Å²) in [5.74, 6) is -1.78. The molecule has 0 aliphatic carbocycles. The second kappa shape index (κ2) is 5.07. The monoisotopic (exact) mass is 282 g/mol. The lowest BCUT2D eigenvalue weighted by Crippen LogP contribution is -2.21. The Labute approximate surface area is 115 Å². The molecule has 2 unspecified atom stereocenters. The number of rotatable bonds is 3. The molecule has 2 rings (SSSR count). The van der Waals surface area contributed by atoms with Crippen LogP contribution >= 0.6 is 0 Å². The molecule has 0 spiro atoms. The van der Waals surface area contributed by atoms with Crippen molar-refractivity contribution in [3.05, 3.63) is 33.6 Å². The maximum Gasteiger partial charge on any atom is 0.338 e. The van der Waals surface area contributed by atoms with E-state index < -0.39 is 22.3 Å². The number of hydrogen-bond donors (Lipinski definition) is 1. The topological polar surface area (TPSA) is 83.7 Å². The van der Waals surface area contributed by atoms with Gasteiger partial charge in [0.25, 0.3) is 5.69 Å². The number of halogens is 1. The van der Waals surface area contributed by atoms with E-state index >= 15 is 0 Å². The van der Waals surface area contributed by atoms with Gasteiger partial charge in [0.05, 0.1) is 4.92 Å². The third-order valence-corrected chi connectivity index (χ3v) is 3.82. The van der Waals surface area contributed by atoms with Gasteiger partial charge in [0.1, 0.15) is 17.1 Å². The average Bonchev–Trinajstić information content (AvgIpc) is 2.68. The van der Waals surface area contributed by atoms with Crippen LogP contribution < -0.4 is 4.90 Å². The van der Waals surface area contributed by atoms with Gasteiger partial charge in [0, 0.05) is 25.2 Å². The van der Waals surface area contributed by atoms with Crippen LogP contribution in [0, 0.1) is 27.8 Å². The highest BCUT2D eigenvalue weighted by Gasteiger charge is 2.32. The molecular weight excluding hydrogens is 267 g/mol. The summed E-state index contributed by atoms with van der Waals surface area (Å²) in [7, 11) is 0. The van der Waals surface area contributed by atoms with Gasteiger partial charge in [-0.05, 0) is 11.8 Å². The van der Waals surface area contributed by atoms with Crippen LogP contribution in [0.2, 0.25) is 0 Å². The second-order valence-electron chi connectivity index (χ2n) is 5.24. The van der Waals surface area contributed by atoms with Gasteiger partial charge in [0.2, 0.25) is 0 Å². The number of anilines is 1. The van der Waals surface area contributed by atoms with Crippen LogP contribution in [0.1, 0.15) is 24.2 Å². The lowest BCUT2D eigenvalue weighted by Gasteiger charge is -2.18. The molecule has 2 atom stereocenters. The van der Waals surface area contributed by atoms with Gasteiger partial charge in [0.15, 0.2) is 0 Å². The van der Waals surface area contributed by atoms with Crippen LogP contribution in [0.15, 0.2) is 12.1 Å². The van der Waals surface area contributed by atoms with E-state index in [1.165, 1.54) is 0 Å². The summed E-state index contributed by atoms with van der Waals surface area (Å²) in [6.45, 7) is 5.23. The number of carboxylic acids is 1. The van der Waals surface area contributed by atoms with Gasteiger partial charge >= 0.3 is 5.97 Å². The number of aromatic carboxylic acids is 1. The van der Waals surface area contributed by atoms with Crippen LogP contribution in [0.4, 0.5) is 15.8 Å². The van der Waals surface area contributed by atoms with Crippen LogP contribution in [-0.2, 0) is 0 Å². The minimum atomic E-state index is -1.51. The van der Waals surface area contributed by atoms with Crippen molar-refractivity contribution in [2.24, 2.45) is 11.8 Å². The highest BCUT2D eigenvalue weighted by atomic mass is 19.1. The summed E-state index contributed by atoms with van der Waals surface area (Å²) >= 11 is 0. The number of nitro benzene ring substituents is 1. The Kier molecular flexibility index (Phi) is 3.61. The molecule has 108 valence electrons. The van der Waals surface area contributed by atoms with E-state index in [9.17, 15) is 19.3 Å². The van der Waals surface area contributed by atoms with Gasteiger partial charge < -0.3 is 10.0 Å². The first kappa shape index (κ1) is 14.2. The maximum atomic E-state index is 13.8. The SMILES string of the molecule is CC1CN(c2cc(F)c(C(=O)O)cc2[N+](=O)[O-])CC1C. The molecule has 7 heteroatoms. The largest absolute Gasteiger partial charge is 0.478 e. The minimum absolute atomic E-state index is 0.147. The Balaban J connectivity index is 2.50. The van der Waals surface area contributed by atoms with Crippen molar-refractivity contribution in [2.75, 3.05) is 18.0 Å². The molecule has 0 amide bonds. The molecule has 0 radical (unpaired) electrons. The molecule has 20 heavy (non-hydrogen) atoms. The van der Waals surface area contributed by atoms with E-state index in [0.29, 0.717) is 24.9 Å². The number of nitrogens with zero attached hydrogens (tertiary/aromatic N) is 2. The van der Waals surface area contributed by atoms with Gasteiger partial charge in [-0.3, -0.25) is 10.1 Å². The van der Waals surface area contributed by atoms with Crippen LogP contribution in [0.3, 0.4) is 0 Å². The first-order valence-electron chi connectivity index (χ1n) is 6.27. The van der Waals surface area contributed by atoms with Crippen LogP contribution in [0.25, 0.3) is 0 Å². The van der Waals surface area contributed by atoms with Crippen molar-refractivity contribution in [1.82, 2.24) is 0 Å². The molecule has 1 aromatic rings. The number of nitro groups is 1. The summed E-state index contributed by atoms with van der Waals surface area (Å²) in [5.41, 5.74) is -0.903. The summed E-state index contributed by atoms with van der Waals surface area (Å²) < 4.78 is 13.8. The predicted molar refractivity (Wildman–Crippen MR) is 70.6 cm³/mol. The molecule has 0 bridgehead atoms. The normalized spacial score (nSPS) is 22.1. The quantitative estimate of drug-likeness (QED) is 0.680. The van der Waals surface area contributed by atoms with Crippen molar-refractivity contribution >= 4 is 17.3 Å². The zero-order chi connectivity index (χ0) is 15.0. The molecule has 1 N–H and O–H groups in total. The summed E-state index contributed by atoms with van der Waals surface area (Å²) in [5, 5.41) is 19.9. The van der Waals surface area contributed by atoms with E-state index in [-0.39, 0.29) is 11.4 Å². The Hall–Kier alpha value is -2.18. The Bertz CT molecular complexity index is 566. The standard InChI is InChI=1S/C13H15FN2O4/c1-7-5-15(6-8(7)2)11-4-10(14)9(13(17)18)3-12(11)16(19)20/h3-4,7-8H,5-6H2,1-2H3,(H,17,18).